The highest BCUT2D eigenvalue weighted by Gasteiger charge is 2.06. The third-order valence-corrected chi connectivity index (χ3v) is 2.33. The van der Waals surface area contributed by atoms with Crippen molar-refractivity contribution in [1.82, 2.24) is 9.97 Å². The van der Waals surface area contributed by atoms with Crippen LogP contribution in [0.25, 0.3) is 10.9 Å². The van der Waals surface area contributed by atoms with Gasteiger partial charge in [0.25, 0.3) is 0 Å². The minimum Gasteiger partial charge on any atom is -0.237 e. The minimum atomic E-state index is 0.387. The summed E-state index contributed by atoms with van der Waals surface area (Å²) in [6, 6.07) is 8.14. The number of hydrogen-bond donors (Lipinski definition) is 0. The molecule has 2 rings (SSSR count). The van der Waals surface area contributed by atoms with E-state index >= 15 is 0 Å². The van der Waals surface area contributed by atoms with E-state index < -0.39 is 0 Å². The molecule has 2 heteroatoms. The summed E-state index contributed by atoms with van der Waals surface area (Å²) in [5.74, 6) is 1.32. The van der Waals surface area contributed by atoms with E-state index in [1.807, 2.05) is 25.1 Å². The average Bonchev–Trinajstić information content (AvgIpc) is 2.17. The molecule has 2 aromatic rings. The summed E-state index contributed by atoms with van der Waals surface area (Å²) in [6.45, 7) is 6.27. The molecule has 0 atom stereocenters. The Morgan fingerprint density at radius 3 is 2.50 bits per heavy atom. The topological polar surface area (TPSA) is 25.8 Å². The summed E-state index contributed by atoms with van der Waals surface area (Å²) >= 11 is 0. The molecule has 0 bridgehead atoms. The molecule has 0 radical (unpaired) electrons. The van der Waals surface area contributed by atoms with E-state index in [4.69, 9.17) is 0 Å². The number of rotatable bonds is 1. The largest absolute Gasteiger partial charge is 0.237 e. The molecule has 0 amide bonds. The van der Waals surface area contributed by atoms with Gasteiger partial charge in [0, 0.05) is 17.0 Å². The Kier molecular flexibility index (Phi) is 2.20. The first-order valence-corrected chi connectivity index (χ1v) is 4.92. The van der Waals surface area contributed by atoms with Crippen molar-refractivity contribution in [1.29, 1.82) is 0 Å². The van der Waals surface area contributed by atoms with E-state index in [0.717, 1.165) is 22.4 Å². The minimum absolute atomic E-state index is 0.387. The lowest BCUT2D eigenvalue weighted by atomic mass is 10.1. The molecule has 14 heavy (non-hydrogen) atoms. The first kappa shape index (κ1) is 9.13. The molecule has 1 aromatic carbocycles. The van der Waals surface area contributed by atoms with Crippen LogP contribution in [0.15, 0.2) is 24.3 Å². The Morgan fingerprint density at radius 2 is 1.79 bits per heavy atom. The van der Waals surface area contributed by atoms with Crippen LogP contribution in [0.1, 0.15) is 31.3 Å². The smallest absolute Gasteiger partial charge is 0.131 e. The molecule has 0 aliphatic carbocycles. The van der Waals surface area contributed by atoms with Gasteiger partial charge >= 0.3 is 0 Å². The fourth-order valence-corrected chi connectivity index (χ4v) is 1.52. The number of nitrogens with zero attached hydrogens (tertiary/aromatic N) is 2. The second kappa shape index (κ2) is 3.37. The number of hydrogen-bond acceptors (Lipinski definition) is 2. The standard InChI is InChI=1S/C12H14N2/c1-8(2)12-13-9(3)10-6-4-5-7-11(10)14-12/h4-8H,1-3H3. The number of fused-ring (bicyclic) bond motifs is 1. The van der Waals surface area contributed by atoms with Gasteiger partial charge in [-0.25, -0.2) is 9.97 Å². The predicted octanol–water partition coefficient (Wildman–Crippen LogP) is 3.06. The lowest BCUT2D eigenvalue weighted by Gasteiger charge is -2.07. The summed E-state index contributed by atoms with van der Waals surface area (Å²) in [6.07, 6.45) is 0. The number of para-hydroxylation sites is 1. The van der Waals surface area contributed by atoms with Crippen LogP contribution >= 0.6 is 0 Å². The van der Waals surface area contributed by atoms with E-state index in [1.54, 1.807) is 0 Å². The second-order valence-corrected chi connectivity index (χ2v) is 3.84. The summed E-state index contributed by atoms with van der Waals surface area (Å²) in [5, 5.41) is 1.15. The van der Waals surface area contributed by atoms with Gasteiger partial charge in [-0.3, -0.25) is 0 Å². The fraction of sp³-hybridized carbons (Fsp3) is 0.333. The maximum absolute atomic E-state index is 4.52. The van der Waals surface area contributed by atoms with Gasteiger partial charge in [-0.2, -0.15) is 0 Å². The summed E-state index contributed by atoms with van der Waals surface area (Å²) in [4.78, 5) is 9.01. The molecule has 0 N–H and O–H groups in total. The predicted molar refractivity (Wildman–Crippen MR) is 58.4 cm³/mol. The molecular formula is C12H14N2. The van der Waals surface area contributed by atoms with E-state index in [-0.39, 0.29) is 0 Å². The van der Waals surface area contributed by atoms with Crippen LogP contribution in [0.2, 0.25) is 0 Å². The zero-order chi connectivity index (χ0) is 10.1. The van der Waals surface area contributed by atoms with Gasteiger partial charge < -0.3 is 0 Å². The fourth-order valence-electron chi connectivity index (χ4n) is 1.52. The SMILES string of the molecule is Cc1nc(C(C)C)nc2ccccc12. The first-order chi connectivity index (χ1) is 6.68. The molecular weight excluding hydrogens is 172 g/mol. The Morgan fingerprint density at radius 1 is 1.07 bits per heavy atom. The van der Waals surface area contributed by atoms with Gasteiger partial charge in [-0.1, -0.05) is 32.0 Å². The van der Waals surface area contributed by atoms with Gasteiger partial charge in [0.05, 0.1) is 5.52 Å². The lowest BCUT2D eigenvalue weighted by Crippen LogP contribution is -1.99. The van der Waals surface area contributed by atoms with E-state index in [2.05, 4.69) is 29.9 Å². The van der Waals surface area contributed by atoms with Crippen molar-refractivity contribution in [2.45, 2.75) is 26.7 Å². The first-order valence-electron chi connectivity index (χ1n) is 4.92. The van der Waals surface area contributed by atoms with Crippen LogP contribution in [0.3, 0.4) is 0 Å². The summed E-state index contributed by atoms with van der Waals surface area (Å²) in [7, 11) is 0. The van der Waals surface area contributed by atoms with Crippen molar-refractivity contribution in [3.8, 4) is 0 Å². The molecule has 0 fully saturated rings. The molecule has 0 saturated carbocycles. The molecule has 1 aromatic heterocycles. The van der Waals surface area contributed by atoms with Crippen molar-refractivity contribution in [2.75, 3.05) is 0 Å². The lowest BCUT2D eigenvalue weighted by molar-refractivity contribution is 0.776. The van der Waals surface area contributed by atoms with Crippen molar-refractivity contribution in [3.63, 3.8) is 0 Å². The molecule has 2 nitrogen and oxygen atoms in total. The summed E-state index contributed by atoms with van der Waals surface area (Å²) in [5.41, 5.74) is 2.11. The van der Waals surface area contributed by atoms with Crippen LogP contribution in [-0.4, -0.2) is 9.97 Å². The molecule has 1 heterocycles. The quantitative estimate of drug-likeness (QED) is 0.684. The summed E-state index contributed by atoms with van der Waals surface area (Å²) < 4.78 is 0. The Labute approximate surface area is 84.0 Å². The monoisotopic (exact) mass is 186 g/mol. The number of aryl methyl sites for hydroxylation is 1. The van der Waals surface area contributed by atoms with Crippen LogP contribution in [-0.2, 0) is 0 Å². The number of benzene rings is 1. The van der Waals surface area contributed by atoms with Crippen molar-refractivity contribution < 1.29 is 0 Å². The highest BCUT2D eigenvalue weighted by Crippen LogP contribution is 2.17. The van der Waals surface area contributed by atoms with Crippen LogP contribution in [0, 0.1) is 6.92 Å². The van der Waals surface area contributed by atoms with Crippen LogP contribution in [0.5, 0.6) is 0 Å². The van der Waals surface area contributed by atoms with Gasteiger partial charge in [0.15, 0.2) is 0 Å². The average molecular weight is 186 g/mol. The molecule has 72 valence electrons. The molecule has 0 saturated heterocycles. The molecule has 0 spiro atoms. The van der Waals surface area contributed by atoms with Crippen molar-refractivity contribution in [3.05, 3.63) is 35.8 Å². The van der Waals surface area contributed by atoms with E-state index in [0.29, 0.717) is 5.92 Å². The van der Waals surface area contributed by atoms with Gasteiger partial charge in [-0.05, 0) is 13.0 Å². The van der Waals surface area contributed by atoms with Crippen molar-refractivity contribution in [2.24, 2.45) is 0 Å². The van der Waals surface area contributed by atoms with Crippen LogP contribution < -0.4 is 0 Å². The maximum Gasteiger partial charge on any atom is 0.131 e. The van der Waals surface area contributed by atoms with Crippen LogP contribution in [0.4, 0.5) is 0 Å². The number of aromatic nitrogens is 2. The molecule has 0 unspecified atom stereocenters. The Bertz CT molecular complexity index is 461. The zero-order valence-corrected chi connectivity index (χ0v) is 8.78. The van der Waals surface area contributed by atoms with Gasteiger partial charge in [-0.15, -0.1) is 0 Å². The van der Waals surface area contributed by atoms with Gasteiger partial charge in [0.2, 0.25) is 0 Å². The Balaban J connectivity index is 2.72. The third kappa shape index (κ3) is 1.48. The van der Waals surface area contributed by atoms with Crippen molar-refractivity contribution >= 4 is 10.9 Å². The third-order valence-electron chi connectivity index (χ3n) is 2.33. The van der Waals surface area contributed by atoms with E-state index in [9.17, 15) is 0 Å². The molecule has 0 aliphatic rings. The molecule has 0 aliphatic heterocycles. The second-order valence-electron chi connectivity index (χ2n) is 3.84. The normalized spacial score (nSPS) is 11.1. The van der Waals surface area contributed by atoms with E-state index in [1.165, 1.54) is 0 Å². The highest BCUT2D eigenvalue weighted by molar-refractivity contribution is 5.80. The maximum atomic E-state index is 4.52. The zero-order valence-electron chi connectivity index (χ0n) is 8.78. The highest BCUT2D eigenvalue weighted by atomic mass is 14.9. The van der Waals surface area contributed by atoms with Gasteiger partial charge in [0.1, 0.15) is 5.82 Å². The Hall–Kier alpha value is -1.44.